The molecule has 3 heteroatoms. The summed E-state index contributed by atoms with van der Waals surface area (Å²) >= 11 is 0. The first-order chi connectivity index (χ1) is 9.24. The zero-order valence-corrected chi connectivity index (χ0v) is 11.6. The van der Waals surface area contributed by atoms with Crippen molar-refractivity contribution >= 4 is 0 Å². The van der Waals surface area contributed by atoms with Gasteiger partial charge in [0, 0.05) is 18.7 Å². The smallest absolute Gasteiger partial charge is 0.138 e. The van der Waals surface area contributed by atoms with Crippen LogP contribution in [0.15, 0.2) is 28.8 Å². The molecule has 0 amide bonds. The van der Waals surface area contributed by atoms with Gasteiger partial charge in [0.2, 0.25) is 0 Å². The van der Waals surface area contributed by atoms with Gasteiger partial charge in [0.1, 0.15) is 5.76 Å². The maximum atomic E-state index is 5.16. The fourth-order valence-electron chi connectivity index (χ4n) is 2.41. The maximum absolute atomic E-state index is 5.16. The summed E-state index contributed by atoms with van der Waals surface area (Å²) in [7, 11) is 0. The van der Waals surface area contributed by atoms with Crippen molar-refractivity contribution in [3.05, 3.63) is 52.4 Å². The van der Waals surface area contributed by atoms with E-state index >= 15 is 0 Å². The lowest BCUT2D eigenvalue weighted by Crippen LogP contribution is -2.13. The molecule has 0 unspecified atom stereocenters. The van der Waals surface area contributed by atoms with Gasteiger partial charge in [-0.1, -0.05) is 29.4 Å². The van der Waals surface area contributed by atoms with Crippen molar-refractivity contribution in [1.82, 2.24) is 10.5 Å². The van der Waals surface area contributed by atoms with Crippen LogP contribution in [0.5, 0.6) is 0 Å². The second-order valence-electron chi connectivity index (χ2n) is 5.42. The van der Waals surface area contributed by atoms with Gasteiger partial charge in [0.05, 0.1) is 5.69 Å². The molecule has 100 valence electrons. The SMILES string of the molecule is Cc1noc(C)c1CNCc1ccc(C2CC2)cc1. The van der Waals surface area contributed by atoms with Crippen LogP contribution in [0.25, 0.3) is 0 Å². The van der Waals surface area contributed by atoms with Crippen LogP contribution < -0.4 is 5.32 Å². The van der Waals surface area contributed by atoms with E-state index in [1.165, 1.54) is 29.5 Å². The molecule has 3 rings (SSSR count). The third-order valence-electron chi connectivity index (χ3n) is 3.84. The molecule has 0 atom stereocenters. The summed E-state index contributed by atoms with van der Waals surface area (Å²) in [6, 6.07) is 9.00. The van der Waals surface area contributed by atoms with Crippen molar-refractivity contribution in [2.24, 2.45) is 0 Å². The second kappa shape index (κ2) is 5.17. The first kappa shape index (κ1) is 12.4. The van der Waals surface area contributed by atoms with Crippen LogP contribution in [-0.2, 0) is 13.1 Å². The first-order valence-electron chi connectivity index (χ1n) is 6.95. The lowest BCUT2D eigenvalue weighted by Gasteiger charge is -2.06. The van der Waals surface area contributed by atoms with Gasteiger partial charge in [-0.3, -0.25) is 0 Å². The lowest BCUT2D eigenvalue weighted by atomic mass is 10.1. The molecule has 3 nitrogen and oxygen atoms in total. The largest absolute Gasteiger partial charge is 0.361 e. The zero-order chi connectivity index (χ0) is 13.2. The summed E-state index contributed by atoms with van der Waals surface area (Å²) in [6.07, 6.45) is 2.73. The minimum atomic E-state index is 0.811. The molecule has 1 saturated carbocycles. The highest BCUT2D eigenvalue weighted by molar-refractivity contribution is 5.28. The van der Waals surface area contributed by atoms with Gasteiger partial charge in [0.15, 0.2) is 0 Å². The Kier molecular flexibility index (Phi) is 3.38. The van der Waals surface area contributed by atoms with Crippen LogP contribution in [0.2, 0.25) is 0 Å². The number of nitrogens with zero attached hydrogens (tertiary/aromatic N) is 1. The van der Waals surface area contributed by atoms with Gasteiger partial charge in [-0.15, -0.1) is 0 Å². The molecule has 19 heavy (non-hydrogen) atoms. The van der Waals surface area contributed by atoms with Crippen molar-refractivity contribution in [1.29, 1.82) is 0 Å². The summed E-state index contributed by atoms with van der Waals surface area (Å²) in [5.74, 6) is 1.75. The monoisotopic (exact) mass is 256 g/mol. The highest BCUT2D eigenvalue weighted by atomic mass is 16.5. The highest BCUT2D eigenvalue weighted by Gasteiger charge is 2.22. The van der Waals surface area contributed by atoms with Crippen LogP contribution in [-0.4, -0.2) is 5.16 Å². The highest BCUT2D eigenvalue weighted by Crippen LogP contribution is 2.39. The van der Waals surface area contributed by atoms with Crippen molar-refractivity contribution in [3.8, 4) is 0 Å². The molecule has 1 aliphatic rings. The van der Waals surface area contributed by atoms with Crippen molar-refractivity contribution in [3.63, 3.8) is 0 Å². The third kappa shape index (κ3) is 2.87. The van der Waals surface area contributed by atoms with Gasteiger partial charge >= 0.3 is 0 Å². The fraction of sp³-hybridized carbons (Fsp3) is 0.438. The Morgan fingerprint density at radius 3 is 2.47 bits per heavy atom. The van der Waals surface area contributed by atoms with Crippen LogP contribution in [0.4, 0.5) is 0 Å². The lowest BCUT2D eigenvalue weighted by molar-refractivity contribution is 0.392. The number of aryl methyl sites for hydroxylation is 2. The minimum Gasteiger partial charge on any atom is -0.361 e. The molecule has 0 bridgehead atoms. The Morgan fingerprint density at radius 2 is 1.89 bits per heavy atom. The Hall–Kier alpha value is -1.61. The third-order valence-corrected chi connectivity index (χ3v) is 3.84. The molecule has 0 saturated heterocycles. The summed E-state index contributed by atoms with van der Waals surface area (Å²) in [6.45, 7) is 5.64. The summed E-state index contributed by atoms with van der Waals surface area (Å²) in [4.78, 5) is 0. The molecule has 1 aromatic carbocycles. The Balaban J connectivity index is 1.54. The maximum Gasteiger partial charge on any atom is 0.138 e. The van der Waals surface area contributed by atoms with Gasteiger partial charge in [-0.25, -0.2) is 0 Å². The molecule has 1 aliphatic carbocycles. The Morgan fingerprint density at radius 1 is 1.16 bits per heavy atom. The average molecular weight is 256 g/mol. The van der Waals surface area contributed by atoms with E-state index in [4.69, 9.17) is 4.52 Å². The van der Waals surface area contributed by atoms with E-state index in [9.17, 15) is 0 Å². The Labute approximate surface area is 114 Å². The standard InChI is InChI=1S/C16H20N2O/c1-11-16(12(2)19-18-11)10-17-9-13-3-5-14(6-4-13)15-7-8-15/h3-6,15,17H,7-10H2,1-2H3. The predicted octanol–water partition coefficient (Wildman–Crippen LogP) is 3.46. The van der Waals surface area contributed by atoms with E-state index in [-0.39, 0.29) is 0 Å². The van der Waals surface area contributed by atoms with E-state index in [2.05, 4.69) is 34.7 Å². The van der Waals surface area contributed by atoms with Gasteiger partial charge in [0.25, 0.3) is 0 Å². The topological polar surface area (TPSA) is 38.1 Å². The predicted molar refractivity (Wildman–Crippen MR) is 74.9 cm³/mol. The summed E-state index contributed by atoms with van der Waals surface area (Å²) < 4.78 is 5.16. The number of nitrogens with one attached hydrogen (secondary N) is 1. The van der Waals surface area contributed by atoms with E-state index in [0.29, 0.717) is 0 Å². The van der Waals surface area contributed by atoms with Gasteiger partial charge < -0.3 is 9.84 Å². The first-order valence-corrected chi connectivity index (χ1v) is 6.95. The number of benzene rings is 1. The van der Waals surface area contributed by atoms with E-state index < -0.39 is 0 Å². The quantitative estimate of drug-likeness (QED) is 0.890. The van der Waals surface area contributed by atoms with Gasteiger partial charge in [-0.05, 0) is 43.7 Å². The molecule has 1 heterocycles. The average Bonchev–Trinajstić information content (AvgIpc) is 3.21. The number of hydrogen-bond donors (Lipinski definition) is 1. The fourth-order valence-corrected chi connectivity index (χ4v) is 2.41. The summed E-state index contributed by atoms with van der Waals surface area (Å²) in [5.41, 5.74) is 4.98. The zero-order valence-electron chi connectivity index (χ0n) is 11.6. The minimum absolute atomic E-state index is 0.811. The molecule has 1 aromatic heterocycles. The molecule has 1 fully saturated rings. The second-order valence-corrected chi connectivity index (χ2v) is 5.42. The van der Waals surface area contributed by atoms with Crippen LogP contribution in [0.1, 0.15) is 46.9 Å². The van der Waals surface area contributed by atoms with E-state index in [1.807, 2.05) is 13.8 Å². The molecule has 0 aliphatic heterocycles. The molecule has 1 N–H and O–H groups in total. The van der Waals surface area contributed by atoms with E-state index in [0.717, 1.165) is 30.5 Å². The summed E-state index contributed by atoms with van der Waals surface area (Å²) in [5, 5.41) is 7.41. The Bertz CT molecular complexity index is 533. The molecule has 0 spiro atoms. The number of aromatic nitrogens is 1. The normalized spacial score (nSPS) is 14.8. The van der Waals surface area contributed by atoms with Crippen LogP contribution in [0.3, 0.4) is 0 Å². The van der Waals surface area contributed by atoms with Crippen molar-refractivity contribution in [2.45, 2.75) is 45.7 Å². The molecule has 2 aromatic rings. The van der Waals surface area contributed by atoms with Crippen LogP contribution >= 0.6 is 0 Å². The number of rotatable bonds is 5. The molecular weight excluding hydrogens is 236 g/mol. The van der Waals surface area contributed by atoms with Crippen molar-refractivity contribution in [2.75, 3.05) is 0 Å². The van der Waals surface area contributed by atoms with Gasteiger partial charge in [-0.2, -0.15) is 0 Å². The molecule has 0 radical (unpaired) electrons. The molecular formula is C16H20N2O. The van der Waals surface area contributed by atoms with E-state index in [1.54, 1.807) is 0 Å². The number of hydrogen-bond acceptors (Lipinski definition) is 3. The van der Waals surface area contributed by atoms with Crippen LogP contribution in [0, 0.1) is 13.8 Å². The van der Waals surface area contributed by atoms with Crippen molar-refractivity contribution < 1.29 is 4.52 Å².